The van der Waals surface area contributed by atoms with E-state index in [0.29, 0.717) is 11.6 Å². The summed E-state index contributed by atoms with van der Waals surface area (Å²) in [6.07, 6.45) is 1.55. The van der Waals surface area contributed by atoms with Crippen molar-refractivity contribution in [1.82, 2.24) is 9.29 Å². The predicted octanol–water partition coefficient (Wildman–Crippen LogP) is 1.62. The largest absolute Gasteiger partial charge is 0.352 e. The Kier molecular flexibility index (Phi) is 4.49. The van der Waals surface area contributed by atoms with Gasteiger partial charge in [0.2, 0.25) is 10.0 Å². The van der Waals surface area contributed by atoms with E-state index in [1.54, 1.807) is 48.1 Å². The van der Waals surface area contributed by atoms with Gasteiger partial charge in [0.05, 0.1) is 4.90 Å². The number of hydrogen-bond donors (Lipinski definition) is 2. The molecule has 108 valence electrons. The maximum Gasteiger partial charge on any atom is 0.242 e. The molecule has 0 amide bonds. The second-order valence-corrected chi connectivity index (χ2v) is 6.64. The monoisotopic (exact) mass is 313 g/mol. The molecule has 2 aromatic rings. The van der Waals surface area contributed by atoms with Gasteiger partial charge in [0.1, 0.15) is 0 Å². The predicted molar refractivity (Wildman–Crippen MR) is 78.8 cm³/mol. The lowest BCUT2D eigenvalue weighted by Gasteiger charge is -2.05. The van der Waals surface area contributed by atoms with Gasteiger partial charge in [-0.05, 0) is 23.8 Å². The fraction of sp³-hybridized carbons (Fsp3) is 0.231. The Morgan fingerprint density at radius 1 is 1.30 bits per heavy atom. The first kappa shape index (κ1) is 15.1. The van der Waals surface area contributed by atoms with Gasteiger partial charge in [-0.2, -0.15) is 0 Å². The van der Waals surface area contributed by atoms with Crippen LogP contribution in [0.25, 0.3) is 0 Å². The second kappa shape index (κ2) is 5.97. The summed E-state index contributed by atoms with van der Waals surface area (Å²) in [7, 11) is -1.78. The maximum atomic E-state index is 12.2. The van der Waals surface area contributed by atoms with Gasteiger partial charge in [-0.1, -0.05) is 23.7 Å². The topological polar surface area (TPSA) is 77.1 Å². The molecule has 7 heteroatoms. The fourth-order valence-corrected chi connectivity index (χ4v) is 3.03. The van der Waals surface area contributed by atoms with E-state index in [-0.39, 0.29) is 11.4 Å². The molecule has 0 fully saturated rings. The highest BCUT2D eigenvalue weighted by Crippen LogP contribution is 2.14. The zero-order valence-electron chi connectivity index (χ0n) is 11.0. The highest BCUT2D eigenvalue weighted by atomic mass is 35.5. The molecular formula is C13H16ClN3O2S. The molecule has 0 aliphatic rings. The number of halogens is 1. The van der Waals surface area contributed by atoms with Crippen molar-refractivity contribution in [3.63, 3.8) is 0 Å². The molecule has 20 heavy (non-hydrogen) atoms. The lowest BCUT2D eigenvalue weighted by Crippen LogP contribution is -2.22. The van der Waals surface area contributed by atoms with Crippen LogP contribution in [0, 0.1) is 0 Å². The van der Waals surface area contributed by atoms with Gasteiger partial charge in [0.25, 0.3) is 0 Å². The Labute approximate surface area is 123 Å². The smallest absolute Gasteiger partial charge is 0.242 e. The molecule has 2 rings (SSSR count). The molecular weight excluding hydrogens is 298 g/mol. The van der Waals surface area contributed by atoms with E-state index in [0.717, 1.165) is 11.3 Å². The van der Waals surface area contributed by atoms with Crippen molar-refractivity contribution in [1.29, 1.82) is 0 Å². The molecule has 5 nitrogen and oxygen atoms in total. The van der Waals surface area contributed by atoms with Crippen molar-refractivity contribution in [2.24, 2.45) is 12.8 Å². The minimum Gasteiger partial charge on any atom is -0.352 e. The molecule has 3 N–H and O–H groups in total. The summed E-state index contributed by atoms with van der Waals surface area (Å²) in [6, 6.07) is 8.58. The average Bonchev–Trinajstić information content (AvgIpc) is 2.80. The van der Waals surface area contributed by atoms with Gasteiger partial charge in [-0.3, -0.25) is 0 Å². The van der Waals surface area contributed by atoms with Crippen LogP contribution in [0.1, 0.15) is 11.3 Å². The zero-order chi connectivity index (χ0) is 14.8. The number of hydrogen-bond acceptors (Lipinski definition) is 3. The fourth-order valence-electron chi connectivity index (χ4n) is 1.79. The van der Waals surface area contributed by atoms with Crippen LogP contribution in [-0.2, 0) is 30.2 Å². The van der Waals surface area contributed by atoms with Gasteiger partial charge < -0.3 is 10.3 Å². The Balaban J connectivity index is 2.12. The van der Waals surface area contributed by atoms with E-state index in [1.165, 1.54) is 0 Å². The molecule has 0 saturated carbocycles. The van der Waals surface area contributed by atoms with Gasteiger partial charge in [-0.15, -0.1) is 0 Å². The van der Waals surface area contributed by atoms with Crippen molar-refractivity contribution >= 4 is 21.6 Å². The van der Waals surface area contributed by atoms with E-state index in [1.807, 2.05) is 0 Å². The molecule has 0 saturated heterocycles. The van der Waals surface area contributed by atoms with Crippen LogP contribution < -0.4 is 10.5 Å². The van der Waals surface area contributed by atoms with Crippen LogP contribution in [-0.4, -0.2) is 13.0 Å². The Morgan fingerprint density at radius 3 is 2.50 bits per heavy atom. The molecule has 1 heterocycles. The van der Waals surface area contributed by atoms with Crippen molar-refractivity contribution in [2.75, 3.05) is 0 Å². The van der Waals surface area contributed by atoms with Crippen molar-refractivity contribution in [3.05, 3.63) is 52.8 Å². The summed E-state index contributed by atoms with van der Waals surface area (Å²) in [5.74, 6) is 0. The minimum atomic E-state index is -3.54. The number of nitrogens with zero attached hydrogens (tertiary/aromatic N) is 1. The number of nitrogens with two attached hydrogens (primary N) is 1. The third-order valence-electron chi connectivity index (χ3n) is 2.98. The lowest BCUT2D eigenvalue weighted by molar-refractivity contribution is 0.581. The Hall–Kier alpha value is -1.34. The van der Waals surface area contributed by atoms with Gasteiger partial charge >= 0.3 is 0 Å². The highest BCUT2D eigenvalue weighted by Gasteiger charge is 2.16. The number of rotatable bonds is 5. The first-order chi connectivity index (χ1) is 9.42. The van der Waals surface area contributed by atoms with E-state index in [9.17, 15) is 8.42 Å². The van der Waals surface area contributed by atoms with Crippen molar-refractivity contribution in [3.8, 4) is 0 Å². The van der Waals surface area contributed by atoms with Gasteiger partial charge in [0, 0.05) is 37.1 Å². The van der Waals surface area contributed by atoms with E-state index in [2.05, 4.69) is 4.72 Å². The molecule has 0 spiro atoms. The Morgan fingerprint density at radius 2 is 1.95 bits per heavy atom. The first-order valence-corrected chi connectivity index (χ1v) is 7.88. The zero-order valence-corrected chi connectivity index (χ0v) is 12.6. The van der Waals surface area contributed by atoms with Crippen molar-refractivity contribution in [2.45, 2.75) is 18.0 Å². The van der Waals surface area contributed by atoms with Crippen LogP contribution in [0.15, 0.2) is 41.4 Å². The second-order valence-electron chi connectivity index (χ2n) is 4.43. The van der Waals surface area contributed by atoms with Crippen LogP contribution in [0.2, 0.25) is 5.02 Å². The summed E-state index contributed by atoms with van der Waals surface area (Å²) in [5.41, 5.74) is 7.14. The third-order valence-corrected chi connectivity index (χ3v) is 4.60. The average molecular weight is 314 g/mol. The number of aromatic nitrogens is 1. The molecule has 0 aliphatic carbocycles. The summed E-state index contributed by atoms with van der Waals surface area (Å²) in [4.78, 5) is 0.217. The van der Waals surface area contributed by atoms with Crippen molar-refractivity contribution < 1.29 is 8.42 Å². The maximum absolute atomic E-state index is 12.2. The summed E-state index contributed by atoms with van der Waals surface area (Å²) in [5, 5.41) is 0.618. The van der Waals surface area contributed by atoms with Crippen LogP contribution in [0.5, 0.6) is 0 Å². The number of nitrogens with one attached hydrogen (secondary N) is 1. The highest BCUT2D eigenvalue weighted by molar-refractivity contribution is 7.89. The molecule has 0 bridgehead atoms. The molecule has 0 unspecified atom stereocenters. The minimum absolute atomic E-state index is 0.215. The van der Waals surface area contributed by atoms with Crippen LogP contribution in [0.3, 0.4) is 0 Å². The van der Waals surface area contributed by atoms with E-state index >= 15 is 0 Å². The number of benzene rings is 1. The Bertz CT molecular complexity index is 693. The first-order valence-electron chi connectivity index (χ1n) is 6.02. The quantitative estimate of drug-likeness (QED) is 0.880. The standard InChI is InChI=1S/C13H16ClN3O2S/c1-17-9-13(6-12(17)7-15)20(18,19)16-8-10-2-4-11(14)5-3-10/h2-6,9,16H,7-8,15H2,1H3. The number of sulfonamides is 1. The van der Waals surface area contributed by atoms with Crippen LogP contribution in [0.4, 0.5) is 0 Å². The molecule has 1 aromatic heterocycles. The van der Waals surface area contributed by atoms with E-state index in [4.69, 9.17) is 17.3 Å². The van der Waals surface area contributed by atoms with Gasteiger partial charge in [0.15, 0.2) is 0 Å². The number of aryl methyl sites for hydroxylation is 1. The molecule has 0 radical (unpaired) electrons. The molecule has 1 aromatic carbocycles. The summed E-state index contributed by atoms with van der Waals surface area (Å²) in [6.45, 7) is 0.509. The molecule has 0 aliphatic heterocycles. The van der Waals surface area contributed by atoms with E-state index < -0.39 is 10.0 Å². The summed E-state index contributed by atoms with van der Waals surface area (Å²) >= 11 is 5.78. The van der Waals surface area contributed by atoms with Gasteiger partial charge in [-0.25, -0.2) is 13.1 Å². The lowest BCUT2D eigenvalue weighted by atomic mass is 10.2. The normalized spacial score (nSPS) is 11.8. The third kappa shape index (κ3) is 3.40. The van der Waals surface area contributed by atoms with Crippen LogP contribution >= 0.6 is 11.6 Å². The molecule has 0 atom stereocenters. The summed E-state index contributed by atoms with van der Waals surface area (Å²) < 4.78 is 28.6. The SMILES string of the molecule is Cn1cc(S(=O)(=O)NCc2ccc(Cl)cc2)cc1CN.